The van der Waals surface area contributed by atoms with Crippen molar-refractivity contribution < 1.29 is 9.90 Å². The molecule has 0 amide bonds. The lowest BCUT2D eigenvalue weighted by molar-refractivity contribution is 0.0697. The molecule has 0 atom stereocenters. The molecule has 4 heteroatoms. The first-order chi connectivity index (χ1) is 8.72. The molecule has 1 aromatic heterocycles. The molecule has 0 saturated carbocycles. The Hall–Kier alpha value is -2.10. The molecule has 1 aromatic carbocycles. The number of aromatic nitrogens is 2. The van der Waals surface area contributed by atoms with E-state index in [4.69, 9.17) is 5.11 Å². The van der Waals surface area contributed by atoms with Gasteiger partial charge in [0.1, 0.15) is 0 Å². The molecule has 0 spiro atoms. The Labute approximate surface area is 105 Å². The molecular weight excluding hydrogens is 228 g/mol. The average molecular weight is 242 g/mol. The normalized spacial score (nSPS) is 13.6. The standard InChI is InChI=1S/C14H14N2O2/c17-14(18)13-7-15-16(9-13)8-10-4-5-11-2-1-3-12(11)6-10/h4-7,9H,1-3,8H2,(H,17,18). The first kappa shape index (κ1) is 11.0. The van der Waals surface area contributed by atoms with Gasteiger partial charge in [-0.3, -0.25) is 4.68 Å². The summed E-state index contributed by atoms with van der Waals surface area (Å²) in [7, 11) is 0. The number of carboxylic acid groups (broad SMARTS) is 1. The Morgan fingerprint density at radius 1 is 1.33 bits per heavy atom. The van der Waals surface area contributed by atoms with Crippen LogP contribution in [0.4, 0.5) is 0 Å². The van der Waals surface area contributed by atoms with E-state index in [-0.39, 0.29) is 5.56 Å². The van der Waals surface area contributed by atoms with Gasteiger partial charge in [-0.15, -0.1) is 0 Å². The Morgan fingerprint density at radius 3 is 2.94 bits per heavy atom. The summed E-state index contributed by atoms with van der Waals surface area (Å²) in [5.41, 5.74) is 4.29. The van der Waals surface area contributed by atoms with Crippen LogP contribution < -0.4 is 0 Å². The molecule has 1 N–H and O–H groups in total. The zero-order chi connectivity index (χ0) is 12.5. The van der Waals surface area contributed by atoms with Gasteiger partial charge < -0.3 is 5.11 Å². The van der Waals surface area contributed by atoms with Gasteiger partial charge in [0.15, 0.2) is 0 Å². The number of aromatic carboxylic acids is 1. The zero-order valence-electron chi connectivity index (χ0n) is 9.97. The Bertz CT molecular complexity index is 602. The minimum atomic E-state index is -0.935. The lowest BCUT2D eigenvalue weighted by Crippen LogP contribution is -2.01. The van der Waals surface area contributed by atoms with E-state index in [9.17, 15) is 4.79 Å². The molecule has 1 aliphatic carbocycles. The molecule has 0 saturated heterocycles. The maximum atomic E-state index is 10.8. The van der Waals surface area contributed by atoms with Crippen LogP contribution in [0, 0.1) is 0 Å². The molecule has 92 valence electrons. The average Bonchev–Trinajstić information content (AvgIpc) is 2.96. The number of benzene rings is 1. The van der Waals surface area contributed by atoms with Gasteiger partial charge in [0.05, 0.1) is 18.3 Å². The first-order valence-corrected chi connectivity index (χ1v) is 6.09. The summed E-state index contributed by atoms with van der Waals surface area (Å²) in [6, 6.07) is 6.50. The summed E-state index contributed by atoms with van der Waals surface area (Å²) < 4.78 is 1.67. The van der Waals surface area contributed by atoms with Gasteiger partial charge in [-0.1, -0.05) is 18.2 Å². The van der Waals surface area contributed by atoms with E-state index in [0.717, 1.165) is 6.42 Å². The molecule has 0 bridgehead atoms. The molecule has 2 aromatic rings. The summed E-state index contributed by atoms with van der Waals surface area (Å²) in [6.45, 7) is 0.626. The summed E-state index contributed by atoms with van der Waals surface area (Å²) in [5, 5.41) is 12.9. The number of nitrogens with zero attached hydrogens (tertiary/aromatic N) is 2. The third-order valence-electron chi connectivity index (χ3n) is 3.39. The van der Waals surface area contributed by atoms with E-state index in [1.165, 1.54) is 35.7 Å². The third kappa shape index (κ3) is 2.01. The van der Waals surface area contributed by atoms with Crippen LogP contribution in [0.1, 0.15) is 33.5 Å². The molecule has 0 aliphatic heterocycles. The number of fused-ring (bicyclic) bond motifs is 1. The van der Waals surface area contributed by atoms with Crippen molar-refractivity contribution in [3.63, 3.8) is 0 Å². The number of aryl methyl sites for hydroxylation is 2. The predicted octanol–water partition coefficient (Wildman–Crippen LogP) is 2.12. The summed E-state index contributed by atoms with van der Waals surface area (Å²) in [4.78, 5) is 10.8. The Kier molecular flexibility index (Phi) is 2.63. The van der Waals surface area contributed by atoms with Crippen LogP contribution in [0.25, 0.3) is 0 Å². The van der Waals surface area contributed by atoms with E-state index < -0.39 is 5.97 Å². The topological polar surface area (TPSA) is 55.1 Å². The van der Waals surface area contributed by atoms with Gasteiger partial charge in [0.25, 0.3) is 0 Å². The molecular formula is C14H14N2O2. The smallest absolute Gasteiger partial charge is 0.338 e. The number of hydrogen-bond acceptors (Lipinski definition) is 2. The van der Waals surface area contributed by atoms with Crippen molar-refractivity contribution >= 4 is 5.97 Å². The SMILES string of the molecule is O=C(O)c1cnn(Cc2ccc3c(c2)CCC3)c1. The molecule has 0 radical (unpaired) electrons. The van der Waals surface area contributed by atoms with Crippen LogP contribution in [0.2, 0.25) is 0 Å². The fourth-order valence-corrected chi connectivity index (χ4v) is 2.47. The van der Waals surface area contributed by atoms with Crippen LogP contribution in [0.15, 0.2) is 30.6 Å². The largest absolute Gasteiger partial charge is 0.478 e. The van der Waals surface area contributed by atoms with Crippen molar-refractivity contribution in [1.29, 1.82) is 0 Å². The van der Waals surface area contributed by atoms with Crippen molar-refractivity contribution in [1.82, 2.24) is 9.78 Å². The quantitative estimate of drug-likeness (QED) is 0.896. The van der Waals surface area contributed by atoms with E-state index in [1.54, 1.807) is 10.9 Å². The van der Waals surface area contributed by atoms with Crippen LogP contribution in [-0.4, -0.2) is 20.9 Å². The second kappa shape index (κ2) is 4.29. The van der Waals surface area contributed by atoms with E-state index in [1.807, 2.05) is 0 Å². The lowest BCUT2D eigenvalue weighted by atomic mass is 10.1. The fourth-order valence-electron chi connectivity index (χ4n) is 2.47. The molecule has 0 unspecified atom stereocenters. The van der Waals surface area contributed by atoms with Gasteiger partial charge >= 0.3 is 5.97 Å². The van der Waals surface area contributed by atoms with Crippen molar-refractivity contribution in [2.75, 3.05) is 0 Å². The van der Waals surface area contributed by atoms with E-state index >= 15 is 0 Å². The van der Waals surface area contributed by atoms with E-state index in [2.05, 4.69) is 23.3 Å². The predicted molar refractivity (Wildman–Crippen MR) is 66.8 cm³/mol. The van der Waals surface area contributed by atoms with Gasteiger partial charge in [-0.2, -0.15) is 5.10 Å². The van der Waals surface area contributed by atoms with Crippen LogP contribution >= 0.6 is 0 Å². The second-order valence-electron chi connectivity index (χ2n) is 4.69. The zero-order valence-corrected chi connectivity index (χ0v) is 9.97. The van der Waals surface area contributed by atoms with E-state index in [0.29, 0.717) is 6.54 Å². The number of rotatable bonds is 3. The molecule has 4 nitrogen and oxygen atoms in total. The van der Waals surface area contributed by atoms with Crippen molar-refractivity contribution in [3.8, 4) is 0 Å². The molecule has 0 fully saturated rings. The minimum Gasteiger partial charge on any atom is -0.478 e. The summed E-state index contributed by atoms with van der Waals surface area (Å²) in [6.07, 6.45) is 6.53. The highest BCUT2D eigenvalue weighted by atomic mass is 16.4. The summed E-state index contributed by atoms with van der Waals surface area (Å²) >= 11 is 0. The van der Waals surface area contributed by atoms with Gasteiger partial charge in [-0.25, -0.2) is 4.79 Å². The molecule has 1 heterocycles. The number of carbonyl (C=O) groups is 1. The van der Waals surface area contributed by atoms with Gasteiger partial charge in [-0.05, 0) is 36.0 Å². The maximum absolute atomic E-state index is 10.8. The Balaban J connectivity index is 1.81. The molecule has 18 heavy (non-hydrogen) atoms. The van der Waals surface area contributed by atoms with Crippen molar-refractivity contribution in [3.05, 3.63) is 52.8 Å². The third-order valence-corrected chi connectivity index (χ3v) is 3.39. The van der Waals surface area contributed by atoms with Crippen molar-refractivity contribution in [2.24, 2.45) is 0 Å². The van der Waals surface area contributed by atoms with Gasteiger partial charge in [0.2, 0.25) is 0 Å². The monoisotopic (exact) mass is 242 g/mol. The first-order valence-electron chi connectivity index (χ1n) is 6.09. The van der Waals surface area contributed by atoms with Crippen LogP contribution in [-0.2, 0) is 19.4 Å². The maximum Gasteiger partial charge on any atom is 0.338 e. The molecule has 3 rings (SSSR count). The van der Waals surface area contributed by atoms with Crippen LogP contribution in [0.5, 0.6) is 0 Å². The second-order valence-corrected chi connectivity index (χ2v) is 4.69. The highest BCUT2D eigenvalue weighted by Crippen LogP contribution is 2.23. The Morgan fingerprint density at radius 2 is 2.17 bits per heavy atom. The fraction of sp³-hybridized carbons (Fsp3) is 0.286. The number of hydrogen-bond donors (Lipinski definition) is 1. The minimum absolute atomic E-state index is 0.233. The van der Waals surface area contributed by atoms with Crippen molar-refractivity contribution in [2.45, 2.75) is 25.8 Å². The molecule has 1 aliphatic rings. The highest BCUT2D eigenvalue weighted by Gasteiger charge is 2.11. The summed E-state index contributed by atoms with van der Waals surface area (Å²) in [5.74, 6) is -0.935. The number of carboxylic acids is 1. The lowest BCUT2D eigenvalue weighted by Gasteiger charge is -2.05. The highest BCUT2D eigenvalue weighted by molar-refractivity contribution is 5.86. The van der Waals surface area contributed by atoms with Gasteiger partial charge in [0, 0.05) is 6.20 Å². The van der Waals surface area contributed by atoms with Crippen LogP contribution in [0.3, 0.4) is 0 Å².